The standard InChI is InChI=1S/C17H15ClFN3O2/c1-11(12-4-8-15(19)9-5-12)21-22-16(23)10-20-17(24)13-2-6-14(18)7-3-13/h2-9H,10H2,1H3,(H,20,24)(H,22,23)/b21-11+. The molecule has 0 heterocycles. The number of amides is 2. The van der Waals surface area contributed by atoms with Gasteiger partial charge in [0.1, 0.15) is 5.82 Å². The fourth-order valence-electron chi connectivity index (χ4n) is 1.81. The molecule has 0 saturated carbocycles. The Labute approximate surface area is 143 Å². The quantitative estimate of drug-likeness (QED) is 0.645. The van der Waals surface area contributed by atoms with E-state index in [1.165, 1.54) is 12.1 Å². The predicted octanol–water partition coefficient (Wildman–Crippen LogP) is 2.75. The molecule has 0 fully saturated rings. The van der Waals surface area contributed by atoms with Crippen LogP contribution < -0.4 is 10.7 Å². The van der Waals surface area contributed by atoms with Gasteiger partial charge in [-0.1, -0.05) is 23.7 Å². The molecular weight excluding hydrogens is 333 g/mol. The highest BCUT2D eigenvalue weighted by atomic mass is 35.5. The van der Waals surface area contributed by atoms with Gasteiger partial charge in [-0.2, -0.15) is 5.10 Å². The minimum atomic E-state index is -0.473. The Kier molecular flexibility index (Phi) is 6.03. The minimum Gasteiger partial charge on any atom is -0.343 e. The average Bonchev–Trinajstić information content (AvgIpc) is 2.58. The summed E-state index contributed by atoms with van der Waals surface area (Å²) < 4.78 is 12.8. The van der Waals surface area contributed by atoms with Crippen molar-refractivity contribution in [2.75, 3.05) is 6.54 Å². The number of nitrogens with one attached hydrogen (secondary N) is 2. The summed E-state index contributed by atoms with van der Waals surface area (Å²) in [5, 5.41) is 6.91. The Hall–Kier alpha value is -2.73. The van der Waals surface area contributed by atoms with Gasteiger partial charge in [0.25, 0.3) is 11.8 Å². The van der Waals surface area contributed by atoms with Crippen LogP contribution in [0.2, 0.25) is 5.02 Å². The van der Waals surface area contributed by atoms with Crippen molar-refractivity contribution in [3.05, 3.63) is 70.5 Å². The van der Waals surface area contributed by atoms with E-state index >= 15 is 0 Å². The summed E-state index contributed by atoms with van der Waals surface area (Å²) >= 11 is 5.74. The first kappa shape index (κ1) is 17.6. The van der Waals surface area contributed by atoms with Crippen LogP contribution >= 0.6 is 11.6 Å². The molecule has 2 amide bonds. The Balaban J connectivity index is 1.84. The van der Waals surface area contributed by atoms with E-state index in [1.54, 1.807) is 43.3 Å². The van der Waals surface area contributed by atoms with Crippen LogP contribution in [0.4, 0.5) is 4.39 Å². The van der Waals surface area contributed by atoms with Crippen molar-refractivity contribution in [3.63, 3.8) is 0 Å². The lowest BCUT2D eigenvalue weighted by atomic mass is 10.1. The van der Waals surface area contributed by atoms with Crippen LogP contribution in [0.3, 0.4) is 0 Å². The van der Waals surface area contributed by atoms with Gasteiger partial charge >= 0.3 is 0 Å². The van der Waals surface area contributed by atoms with Crippen LogP contribution in [0, 0.1) is 5.82 Å². The maximum Gasteiger partial charge on any atom is 0.259 e. The molecule has 0 aliphatic carbocycles. The van der Waals surface area contributed by atoms with Crippen molar-refractivity contribution in [2.45, 2.75) is 6.92 Å². The van der Waals surface area contributed by atoms with Crippen molar-refractivity contribution in [1.82, 2.24) is 10.7 Å². The van der Waals surface area contributed by atoms with Crippen LogP contribution in [-0.2, 0) is 4.79 Å². The normalized spacial score (nSPS) is 11.0. The molecule has 0 atom stereocenters. The topological polar surface area (TPSA) is 70.6 Å². The Morgan fingerprint density at radius 3 is 2.25 bits per heavy atom. The Morgan fingerprint density at radius 2 is 1.62 bits per heavy atom. The summed E-state index contributed by atoms with van der Waals surface area (Å²) in [5.74, 6) is -1.21. The Bertz CT molecular complexity index is 758. The van der Waals surface area contributed by atoms with Crippen LogP contribution in [0.5, 0.6) is 0 Å². The van der Waals surface area contributed by atoms with Gasteiger partial charge in [-0.3, -0.25) is 9.59 Å². The monoisotopic (exact) mass is 347 g/mol. The third kappa shape index (κ3) is 5.17. The highest BCUT2D eigenvalue weighted by Crippen LogP contribution is 2.09. The fraction of sp³-hybridized carbons (Fsp3) is 0.118. The molecule has 2 aromatic carbocycles. The Morgan fingerprint density at radius 1 is 1.04 bits per heavy atom. The van der Waals surface area contributed by atoms with E-state index in [4.69, 9.17) is 11.6 Å². The highest BCUT2D eigenvalue weighted by molar-refractivity contribution is 6.30. The lowest BCUT2D eigenvalue weighted by Gasteiger charge is -2.05. The van der Waals surface area contributed by atoms with E-state index in [0.29, 0.717) is 21.9 Å². The summed E-state index contributed by atoms with van der Waals surface area (Å²) in [7, 11) is 0. The number of halogens is 2. The molecule has 0 aliphatic rings. The molecule has 5 nitrogen and oxygen atoms in total. The maximum absolute atomic E-state index is 12.8. The number of carbonyl (C=O) groups excluding carboxylic acids is 2. The van der Waals surface area contributed by atoms with Gasteiger partial charge in [-0.15, -0.1) is 0 Å². The molecule has 2 aromatic rings. The highest BCUT2D eigenvalue weighted by Gasteiger charge is 2.07. The first-order valence-electron chi connectivity index (χ1n) is 7.08. The third-order valence-corrected chi connectivity index (χ3v) is 3.38. The molecular formula is C17H15ClFN3O2. The SMILES string of the molecule is C/C(=N\NC(=O)CNC(=O)c1ccc(Cl)cc1)c1ccc(F)cc1. The van der Waals surface area contributed by atoms with Gasteiger partial charge < -0.3 is 5.32 Å². The molecule has 0 radical (unpaired) electrons. The van der Waals surface area contributed by atoms with Crippen molar-refractivity contribution < 1.29 is 14.0 Å². The molecule has 0 spiro atoms. The molecule has 0 bridgehead atoms. The zero-order valence-electron chi connectivity index (χ0n) is 12.8. The average molecular weight is 348 g/mol. The maximum atomic E-state index is 12.8. The third-order valence-electron chi connectivity index (χ3n) is 3.13. The number of rotatable bonds is 5. The number of hydrogen-bond donors (Lipinski definition) is 2. The van der Waals surface area contributed by atoms with Gasteiger partial charge in [0, 0.05) is 10.6 Å². The van der Waals surface area contributed by atoms with Gasteiger partial charge in [-0.05, 0) is 48.9 Å². The number of hydrazone groups is 1. The zero-order chi connectivity index (χ0) is 17.5. The number of nitrogens with zero attached hydrogens (tertiary/aromatic N) is 1. The van der Waals surface area contributed by atoms with Crippen molar-refractivity contribution in [2.24, 2.45) is 5.10 Å². The fourth-order valence-corrected chi connectivity index (χ4v) is 1.93. The van der Waals surface area contributed by atoms with E-state index in [0.717, 1.165) is 0 Å². The van der Waals surface area contributed by atoms with Crippen LogP contribution in [0.25, 0.3) is 0 Å². The second-order valence-corrected chi connectivity index (χ2v) is 5.37. The summed E-state index contributed by atoms with van der Waals surface area (Å²) in [4.78, 5) is 23.6. The molecule has 24 heavy (non-hydrogen) atoms. The second kappa shape index (κ2) is 8.21. The lowest BCUT2D eigenvalue weighted by molar-refractivity contribution is -0.120. The molecule has 0 saturated heterocycles. The lowest BCUT2D eigenvalue weighted by Crippen LogP contribution is -2.35. The predicted molar refractivity (Wildman–Crippen MR) is 90.5 cm³/mol. The number of benzene rings is 2. The summed E-state index contributed by atoms with van der Waals surface area (Å²) in [6, 6.07) is 12.0. The molecule has 2 N–H and O–H groups in total. The van der Waals surface area contributed by atoms with Gasteiger partial charge in [0.05, 0.1) is 12.3 Å². The van der Waals surface area contributed by atoms with Crippen LogP contribution in [0.15, 0.2) is 53.6 Å². The van der Waals surface area contributed by atoms with Crippen molar-refractivity contribution in [1.29, 1.82) is 0 Å². The minimum absolute atomic E-state index is 0.221. The summed E-state index contributed by atoms with van der Waals surface area (Å²) in [6.45, 7) is 1.46. The molecule has 124 valence electrons. The molecule has 0 unspecified atom stereocenters. The van der Waals surface area contributed by atoms with E-state index < -0.39 is 5.91 Å². The zero-order valence-corrected chi connectivity index (χ0v) is 13.6. The second-order valence-electron chi connectivity index (χ2n) is 4.93. The summed E-state index contributed by atoms with van der Waals surface area (Å²) in [5.41, 5.74) is 3.94. The molecule has 0 aliphatic heterocycles. The van der Waals surface area contributed by atoms with Crippen molar-refractivity contribution >= 4 is 29.1 Å². The molecule has 7 heteroatoms. The number of hydrogen-bond acceptors (Lipinski definition) is 3. The first-order valence-corrected chi connectivity index (χ1v) is 7.46. The van der Waals surface area contributed by atoms with E-state index in [-0.39, 0.29) is 18.3 Å². The van der Waals surface area contributed by atoms with E-state index in [2.05, 4.69) is 15.8 Å². The van der Waals surface area contributed by atoms with E-state index in [9.17, 15) is 14.0 Å². The smallest absolute Gasteiger partial charge is 0.259 e. The van der Waals surface area contributed by atoms with Crippen LogP contribution in [0.1, 0.15) is 22.8 Å². The first-order chi connectivity index (χ1) is 11.5. The van der Waals surface area contributed by atoms with Gasteiger partial charge in [-0.25, -0.2) is 9.82 Å². The van der Waals surface area contributed by atoms with E-state index in [1.807, 2.05) is 0 Å². The van der Waals surface area contributed by atoms with Crippen LogP contribution in [-0.4, -0.2) is 24.1 Å². The molecule has 2 rings (SSSR count). The van der Waals surface area contributed by atoms with Crippen molar-refractivity contribution in [3.8, 4) is 0 Å². The summed E-state index contributed by atoms with van der Waals surface area (Å²) in [6.07, 6.45) is 0. The molecule has 0 aromatic heterocycles. The number of carbonyl (C=O) groups is 2. The van der Waals surface area contributed by atoms with Gasteiger partial charge in [0.15, 0.2) is 0 Å². The largest absolute Gasteiger partial charge is 0.343 e. The van der Waals surface area contributed by atoms with Gasteiger partial charge in [0.2, 0.25) is 0 Å².